The smallest absolute Gasteiger partial charge is 0.243 e. The fourth-order valence-electron chi connectivity index (χ4n) is 2.28. The zero-order valence-corrected chi connectivity index (χ0v) is 14.6. The van der Waals surface area contributed by atoms with Gasteiger partial charge in [0.2, 0.25) is 10.0 Å². The molecule has 126 valence electrons. The molecule has 7 heteroatoms. The molecule has 1 heterocycles. The number of hydrogen-bond acceptors (Lipinski definition) is 4. The normalized spacial score (nSPS) is 16.0. The molecule has 1 fully saturated rings. The van der Waals surface area contributed by atoms with Crippen LogP contribution in [0.15, 0.2) is 29.2 Å². The van der Waals surface area contributed by atoms with E-state index in [2.05, 4.69) is 12.2 Å². The maximum Gasteiger partial charge on any atom is 0.243 e. The lowest BCUT2D eigenvalue weighted by atomic mass is 10.3. The third-order valence-electron chi connectivity index (χ3n) is 3.55. The third-order valence-corrected chi connectivity index (χ3v) is 5.47. The number of nitrogens with one attached hydrogen (secondary N) is 1. The van der Waals surface area contributed by atoms with Crippen LogP contribution in [0.5, 0.6) is 5.75 Å². The van der Waals surface area contributed by atoms with Crippen LogP contribution in [0, 0.1) is 0 Å². The van der Waals surface area contributed by atoms with E-state index in [0.717, 1.165) is 25.0 Å². The summed E-state index contributed by atoms with van der Waals surface area (Å²) >= 11 is 0. The summed E-state index contributed by atoms with van der Waals surface area (Å²) in [5, 5.41) is 3.15. The number of rotatable bonds is 7. The first kappa shape index (κ1) is 19.2. The molecular weight excluding hydrogens is 324 g/mol. The van der Waals surface area contributed by atoms with Gasteiger partial charge in [-0.2, -0.15) is 4.31 Å². The lowest BCUT2D eigenvalue weighted by Crippen LogP contribution is -2.46. The first-order valence-electron chi connectivity index (χ1n) is 7.58. The zero-order chi connectivity index (χ0) is 15.1. The Morgan fingerprint density at radius 3 is 2.36 bits per heavy atom. The fraction of sp³-hybridized carbons (Fsp3) is 0.600. The van der Waals surface area contributed by atoms with Gasteiger partial charge in [0.1, 0.15) is 5.75 Å². The molecule has 0 atom stereocenters. The quantitative estimate of drug-likeness (QED) is 0.768. The van der Waals surface area contributed by atoms with Crippen molar-refractivity contribution < 1.29 is 13.2 Å². The maximum atomic E-state index is 12.5. The molecule has 0 aliphatic carbocycles. The number of ether oxygens (including phenoxy) is 1. The highest BCUT2D eigenvalue weighted by Crippen LogP contribution is 2.20. The Kier molecular flexibility index (Phi) is 8.17. The van der Waals surface area contributed by atoms with Gasteiger partial charge in [0.25, 0.3) is 0 Å². The fourth-order valence-corrected chi connectivity index (χ4v) is 3.73. The van der Waals surface area contributed by atoms with E-state index < -0.39 is 10.0 Å². The van der Waals surface area contributed by atoms with E-state index in [1.165, 1.54) is 4.31 Å². The van der Waals surface area contributed by atoms with E-state index in [-0.39, 0.29) is 12.4 Å². The van der Waals surface area contributed by atoms with Gasteiger partial charge in [0, 0.05) is 26.2 Å². The van der Waals surface area contributed by atoms with E-state index in [0.29, 0.717) is 37.7 Å². The number of nitrogens with zero attached hydrogens (tertiary/aromatic N) is 1. The molecular formula is C15H25ClN2O3S. The van der Waals surface area contributed by atoms with Crippen molar-refractivity contribution in [1.29, 1.82) is 0 Å². The molecule has 0 saturated carbocycles. The largest absolute Gasteiger partial charge is 0.494 e. The summed E-state index contributed by atoms with van der Waals surface area (Å²) in [6, 6.07) is 6.74. The van der Waals surface area contributed by atoms with Crippen LogP contribution >= 0.6 is 12.4 Å². The van der Waals surface area contributed by atoms with Gasteiger partial charge in [-0.25, -0.2) is 8.42 Å². The highest BCUT2D eigenvalue weighted by molar-refractivity contribution is 7.89. The minimum absolute atomic E-state index is 0. The number of unbranched alkanes of at least 4 members (excludes halogenated alkanes) is 2. The minimum Gasteiger partial charge on any atom is -0.494 e. The van der Waals surface area contributed by atoms with Crippen molar-refractivity contribution in [2.24, 2.45) is 0 Å². The van der Waals surface area contributed by atoms with Crippen LogP contribution in [0.2, 0.25) is 0 Å². The standard InChI is InChI=1S/C15H24N2O3S.ClH/c1-2-3-4-13-20-14-5-7-15(8-6-14)21(18,19)17-11-9-16-10-12-17;/h5-8,16H,2-4,9-13H2,1H3;1H. The highest BCUT2D eigenvalue weighted by atomic mass is 35.5. The first-order valence-corrected chi connectivity index (χ1v) is 9.02. The maximum absolute atomic E-state index is 12.5. The molecule has 1 aromatic rings. The topological polar surface area (TPSA) is 58.6 Å². The Hall–Kier alpha value is -0.820. The van der Waals surface area contributed by atoms with Crippen LogP contribution < -0.4 is 10.1 Å². The molecule has 0 bridgehead atoms. The minimum atomic E-state index is -3.37. The number of benzene rings is 1. The summed E-state index contributed by atoms with van der Waals surface area (Å²) < 4.78 is 32.0. The zero-order valence-electron chi connectivity index (χ0n) is 13.0. The Morgan fingerprint density at radius 1 is 1.14 bits per heavy atom. The van der Waals surface area contributed by atoms with Gasteiger partial charge in [-0.1, -0.05) is 19.8 Å². The molecule has 2 rings (SSSR count). The Labute approximate surface area is 139 Å². The lowest BCUT2D eigenvalue weighted by molar-refractivity contribution is 0.306. The molecule has 0 radical (unpaired) electrons. The van der Waals surface area contributed by atoms with E-state index >= 15 is 0 Å². The Morgan fingerprint density at radius 2 is 1.77 bits per heavy atom. The predicted octanol–water partition coefficient (Wildman–Crippen LogP) is 2.27. The van der Waals surface area contributed by atoms with Crippen LogP contribution in [0.3, 0.4) is 0 Å². The van der Waals surface area contributed by atoms with E-state index in [4.69, 9.17) is 4.74 Å². The summed E-state index contributed by atoms with van der Waals surface area (Å²) in [4.78, 5) is 0.338. The van der Waals surface area contributed by atoms with Crippen molar-refractivity contribution in [2.75, 3.05) is 32.8 Å². The second-order valence-electron chi connectivity index (χ2n) is 5.18. The Balaban J connectivity index is 0.00000242. The summed E-state index contributed by atoms with van der Waals surface area (Å²) in [6.45, 7) is 5.29. The molecule has 1 aromatic carbocycles. The van der Waals surface area contributed by atoms with Crippen LogP contribution in [0.25, 0.3) is 0 Å². The predicted molar refractivity (Wildman–Crippen MR) is 90.3 cm³/mol. The summed E-state index contributed by atoms with van der Waals surface area (Å²) in [5.74, 6) is 0.727. The van der Waals surface area contributed by atoms with Crippen molar-refractivity contribution in [3.8, 4) is 5.75 Å². The Bertz CT molecular complexity index is 528. The number of piperazine rings is 1. The number of halogens is 1. The van der Waals surface area contributed by atoms with Gasteiger partial charge in [-0.15, -0.1) is 12.4 Å². The molecule has 0 spiro atoms. The van der Waals surface area contributed by atoms with Crippen LogP contribution in [-0.4, -0.2) is 45.5 Å². The van der Waals surface area contributed by atoms with Crippen LogP contribution in [-0.2, 0) is 10.0 Å². The first-order chi connectivity index (χ1) is 10.1. The van der Waals surface area contributed by atoms with Gasteiger partial charge >= 0.3 is 0 Å². The van der Waals surface area contributed by atoms with Gasteiger partial charge < -0.3 is 10.1 Å². The number of hydrogen-bond donors (Lipinski definition) is 1. The summed E-state index contributed by atoms with van der Waals surface area (Å²) in [7, 11) is -3.37. The number of sulfonamides is 1. The van der Waals surface area contributed by atoms with E-state index in [9.17, 15) is 8.42 Å². The molecule has 0 unspecified atom stereocenters. The van der Waals surface area contributed by atoms with Crippen molar-refractivity contribution in [3.05, 3.63) is 24.3 Å². The molecule has 5 nitrogen and oxygen atoms in total. The van der Waals surface area contributed by atoms with Gasteiger partial charge in [-0.3, -0.25) is 0 Å². The SMILES string of the molecule is CCCCCOc1ccc(S(=O)(=O)N2CCNCC2)cc1.Cl. The molecule has 0 aromatic heterocycles. The lowest BCUT2D eigenvalue weighted by Gasteiger charge is -2.26. The van der Waals surface area contributed by atoms with Crippen LogP contribution in [0.1, 0.15) is 26.2 Å². The van der Waals surface area contributed by atoms with E-state index in [1.807, 2.05) is 0 Å². The second-order valence-corrected chi connectivity index (χ2v) is 7.12. The molecule has 1 saturated heterocycles. The van der Waals surface area contributed by atoms with Gasteiger partial charge in [0.15, 0.2) is 0 Å². The second kappa shape index (κ2) is 9.35. The molecule has 22 heavy (non-hydrogen) atoms. The average Bonchev–Trinajstić information content (AvgIpc) is 2.53. The summed E-state index contributed by atoms with van der Waals surface area (Å²) in [6.07, 6.45) is 3.33. The highest BCUT2D eigenvalue weighted by Gasteiger charge is 2.25. The third kappa shape index (κ3) is 5.12. The molecule has 0 amide bonds. The molecule has 1 aliphatic heterocycles. The van der Waals surface area contributed by atoms with Crippen molar-refractivity contribution in [3.63, 3.8) is 0 Å². The van der Waals surface area contributed by atoms with Gasteiger partial charge in [0.05, 0.1) is 11.5 Å². The van der Waals surface area contributed by atoms with Crippen LogP contribution in [0.4, 0.5) is 0 Å². The van der Waals surface area contributed by atoms with Gasteiger partial charge in [-0.05, 0) is 30.7 Å². The van der Waals surface area contributed by atoms with Crippen molar-refractivity contribution >= 4 is 22.4 Å². The summed E-state index contributed by atoms with van der Waals surface area (Å²) in [5.41, 5.74) is 0. The average molecular weight is 349 g/mol. The monoisotopic (exact) mass is 348 g/mol. The van der Waals surface area contributed by atoms with Crippen molar-refractivity contribution in [2.45, 2.75) is 31.1 Å². The molecule has 1 aliphatic rings. The molecule has 1 N–H and O–H groups in total. The van der Waals surface area contributed by atoms with Crippen molar-refractivity contribution in [1.82, 2.24) is 9.62 Å². The van der Waals surface area contributed by atoms with E-state index in [1.54, 1.807) is 24.3 Å².